The number of carbonyl (C=O) groups excluding carboxylic acids is 1. The molecule has 1 saturated carbocycles. The van der Waals surface area contributed by atoms with Gasteiger partial charge in [-0.05, 0) is 41.0 Å². The molecule has 0 unspecified atom stereocenters. The predicted octanol–water partition coefficient (Wildman–Crippen LogP) is 3.48. The van der Waals surface area contributed by atoms with E-state index in [4.69, 9.17) is 4.74 Å². The van der Waals surface area contributed by atoms with Gasteiger partial charge in [-0.15, -0.1) is 0 Å². The average Bonchev–Trinajstić information content (AvgIpc) is 3.20. The lowest BCUT2D eigenvalue weighted by Gasteiger charge is -2.24. The quantitative estimate of drug-likeness (QED) is 0.921. The standard InChI is InChI=1S/C21H19NO4/c23-20(24)19-10-12-9-18(12)22(19)21(25)26-11-17-15-7-3-1-5-13(15)14-6-2-4-8-16(14)17/h1-8,12,17-19H,9-11H2,(H,23,24)/t12-,18-,19-/m0/s1. The second-order valence-corrected chi connectivity index (χ2v) is 7.36. The molecule has 132 valence electrons. The molecule has 2 fully saturated rings. The number of fused-ring (bicyclic) bond motifs is 4. The highest BCUT2D eigenvalue weighted by Crippen LogP contribution is 2.48. The number of piperidine rings is 1. The zero-order valence-corrected chi connectivity index (χ0v) is 14.2. The van der Waals surface area contributed by atoms with Gasteiger partial charge in [-0.25, -0.2) is 9.59 Å². The van der Waals surface area contributed by atoms with Crippen molar-refractivity contribution in [2.75, 3.05) is 6.61 Å². The molecule has 0 bridgehead atoms. The molecule has 5 rings (SSSR count). The van der Waals surface area contributed by atoms with Crippen LogP contribution in [0.3, 0.4) is 0 Å². The van der Waals surface area contributed by atoms with Gasteiger partial charge in [0, 0.05) is 12.0 Å². The van der Waals surface area contributed by atoms with E-state index in [1.165, 1.54) is 16.0 Å². The molecule has 3 atom stereocenters. The van der Waals surface area contributed by atoms with Crippen LogP contribution >= 0.6 is 0 Å². The highest BCUT2D eigenvalue weighted by molar-refractivity contribution is 5.82. The molecule has 1 aliphatic heterocycles. The number of carbonyl (C=O) groups is 2. The van der Waals surface area contributed by atoms with Gasteiger partial charge in [-0.2, -0.15) is 0 Å². The largest absolute Gasteiger partial charge is 0.480 e. The smallest absolute Gasteiger partial charge is 0.410 e. The predicted molar refractivity (Wildman–Crippen MR) is 94.8 cm³/mol. The summed E-state index contributed by atoms with van der Waals surface area (Å²) in [7, 11) is 0. The zero-order valence-electron chi connectivity index (χ0n) is 14.2. The average molecular weight is 349 g/mol. The van der Waals surface area contributed by atoms with Crippen LogP contribution in [0.1, 0.15) is 29.9 Å². The molecule has 1 saturated heterocycles. The number of aliphatic carboxylic acids is 1. The molecule has 0 radical (unpaired) electrons. The normalized spacial score (nSPS) is 25.4. The van der Waals surface area contributed by atoms with Crippen LogP contribution in [0.4, 0.5) is 4.79 Å². The van der Waals surface area contributed by atoms with E-state index in [1.807, 2.05) is 24.3 Å². The molecule has 2 aromatic carbocycles. The van der Waals surface area contributed by atoms with Gasteiger partial charge in [0.15, 0.2) is 0 Å². The van der Waals surface area contributed by atoms with Crippen LogP contribution in [0, 0.1) is 5.92 Å². The number of benzene rings is 2. The van der Waals surface area contributed by atoms with Crippen molar-refractivity contribution in [2.24, 2.45) is 5.92 Å². The Bertz CT molecular complexity index is 863. The van der Waals surface area contributed by atoms with Gasteiger partial charge in [0.25, 0.3) is 0 Å². The molecular formula is C21H19NO4. The summed E-state index contributed by atoms with van der Waals surface area (Å²) in [6.07, 6.45) is 0.947. The number of amides is 1. The Labute approximate surface area is 151 Å². The minimum Gasteiger partial charge on any atom is -0.480 e. The molecule has 1 amide bonds. The summed E-state index contributed by atoms with van der Waals surface area (Å²) in [5.41, 5.74) is 4.66. The number of ether oxygens (including phenoxy) is 1. The first kappa shape index (κ1) is 15.4. The topological polar surface area (TPSA) is 66.8 Å². The van der Waals surface area contributed by atoms with E-state index in [-0.39, 0.29) is 18.6 Å². The van der Waals surface area contributed by atoms with Gasteiger partial charge in [0.1, 0.15) is 12.6 Å². The third kappa shape index (κ3) is 2.23. The van der Waals surface area contributed by atoms with Gasteiger partial charge in [-0.1, -0.05) is 48.5 Å². The van der Waals surface area contributed by atoms with Crippen LogP contribution in [-0.2, 0) is 9.53 Å². The molecule has 0 spiro atoms. The van der Waals surface area contributed by atoms with Gasteiger partial charge < -0.3 is 9.84 Å². The first-order chi connectivity index (χ1) is 12.6. The Balaban J connectivity index is 1.37. The molecule has 26 heavy (non-hydrogen) atoms. The molecule has 2 aliphatic carbocycles. The van der Waals surface area contributed by atoms with E-state index in [2.05, 4.69) is 24.3 Å². The minimum absolute atomic E-state index is 0.00719. The van der Waals surface area contributed by atoms with Crippen molar-refractivity contribution >= 4 is 12.1 Å². The summed E-state index contributed by atoms with van der Waals surface area (Å²) in [6, 6.07) is 15.6. The first-order valence-corrected chi connectivity index (χ1v) is 9.01. The summed E-state index contributed by atoms with van der Waals surface area (Å²) in [4.78, 5) is 25.5. The fourth-order valence-electron chi connectivity index (χ4n) is 4.61. The van der Waals surface area contributed by atoms with E-state index in [0.29, 0.717) is 12.3 Å². The Hall–Kier alpha value is -2.82. The van der Waals surface area contributed by atoms with E-state index in [0.717, 1.165) is 17.5 Å². The number of hydrogen-bond acceptors (Lipinski definition) is 3. The summed E-state index contributed by atoms with van der Waals surface area (Å²) in [5.74, 6) is -0.616. The summed E-state index contributed by atoms with van der Waals surface area (Å²) in [5, 5.41) is 9.36. The van der Waals surface area contributed by atoms with Gasteiger partial charge >= 0.3 is 12.1 Å². The van der Waals surface area contributed by atoms with E-state index in [9.17, 15) is 14.7 Å². The van der Waals surface area contributed by atoms with Crippen molar-refractivity contribution in [3.05, 3.63) is 59.7 Å². The number of rotatable bonds is 3. The number of carboxylic acid groups (broad SMARTS) is 1. The van der Waals surface area contributed by atoms with Gasteiger partial charge in [0.2, 0.25) is 0 Å². The Morgan fingerprint density at radius 1 is 1.00 bits per heavy atom. The maximum absolute atomic E-state index is 12.6. The van der Waals surface area contributed by atoms with Crippen molar-refractivity contribution in [1.82, 2.24) is 4.90 Å². The van der Waals surface area contributed by atoms with Crippen LogP contribution < -0.4 is 0 Å². The monoisotopic (exact) mass is 349 g/mol. The maximum atomic E-state index is 12.6. The van der Waals surface area contributed by atoms with Gasteiger partial charge in [-0.3, -0.25) is 4.90 Å². The zero-order chi connectivity index (χ0) is 17.8. The molecule has 3 aliphatic rings. The number of hydrogen-bond donors (Lipinski definition) is 1. The third-order valence-corrected chi connectivity index (χ3v) is 5.94. The van der Waals surface area contributed by atoms with Crippen LogP contribution in [0.5, 0.6) is 0 Å². The lowest BCUT2D eigenvalue weighted by atomic mass is 9.98. The Morgan fingerprint density at radius 2 is 1.62 bits per heavy atom. The molecule has 0 aromatic heterocycles. The Kier molecular flexibility index (Phi) is 3.32. The number of likely N-dealkylation sites (tertiary alicyclic amines) is 1. The van der Waals surface area contributed by atoms with Crippen LogP contribution in [-0.4, -0.2) is 40.8 Å². The summed E-state index contributed by atoms with van der Waals surface area (Å²) >= 11 is 0. The van der Waals surface area contributed by atoms with Crippen LogP contribution in [0.25, 0.3) is 11.1 Å². The molecule has 5 heteroatoms. The fourth-order valence-corrected chi connectivity index (χ4v) is 4.61. The SMILES string of the molecule is O=C(O)[C@@H]1C[C@@H]2C[C@@H]2N1C(=O)OCC1c2ccccc2-c2ccccc21. The van der Waals surface area contributed by atoms with Crippen molar-refractivity contribution in [2.45, 2.75) is 30.8 Å². The third-order valence-electron chi connectivity index (χ3n) is 5.94. The van der Waals surface area contributed by atoms with Crippen molar-refractivity contribution in [1.29, 1.82) is 0 Å². The first-order valence-electron chi connectivity index (χ1n) is 9.01. The molecule has 5 nitrogen and oxygen atoms in total. The summed E-state index contributed by atoms with van der Waals surface area (Å²) < 4.78 is 5.62. The van der Waals surface area contributed by atoms with E-state index >= 15 is 0 Å². The second-order valence-electron chi connectivity index (χ2n) is 7.36. The molecule has 2 aromatic rings. The lowest BCUT2D eigenvalue weighted by molar-refractivity contribution is -0.142. The van der Waals surface area contributed by atoms with E-state index in [1.54, 1.807) is 0 Å². The number of nitrogens with zero attached hydrogens (tertiary/aromatic N) is 1. The maximum Gasteiger partial charge on any atom is 0.410 e. The van der Waals surface area contributed by atoms with Gasteiger partial charge in [0.05, 0.1) is 0 Å². The fraction of sp³-hybridized carbons (Fsp3) is 0.333. The molecule has 1 N–H and O–H groups in total. The Morgan fingerprint density at radius 3 is 2.23 bits per heavy atom. The van der Waals surface area contributed by atoms with Crippen LogP contribution in [0.2, 0.25) is 0 Å². The van der Waals surface area contributed by atoms with Crippen molar-refractivity contribution < 1.29 is 19.4 Å². The van der Waals surface area contributed by atoms with Crippen molar-refractivity contribution in [3.8, 4) is 11.1 Å². The highest BCUT2D eigenvalue weighted by atomic mass is 16.6. The highest BCUT2D eigenvalue weighted by Gasteiger charge is 2.57. The molecule has 1 heterocycles. The van der Waals surface area contributed by atoms with Crippen molar-refractivity contribution in [3.63, 3.8) is 0 Å². The molecular weight excluding hydrogens is 330 g/mol. The number of carboxylic acids is 1. The minimum atomic E-state index is -0.939. The van der Waals surface area contributed by atoms with Crippen LogP contribution in [0.15, 0.2) is 48.5 Å². The summed E-state index contributed by atoms with van der Waals surface area (Å²) in [6.45, 7) is 0.229. The lowest BCUT2D eigenvalue weighted by Crippen LogP contribution is -2.43. The van der Waals surface area contributed by atoms with E-state index < -0.39 is 18.1 Å². The second kappa shape index (κ2) is 5.59.